The van der Waals surface area contributed by atoms with E-state index in [2.05, 4.69) is 32.7 Å². The molecule has 1 aliphatic rings. The normalized spacial score (nSPS) is 24.5. The molecule has 0 spiro atoms. The molecule has 0 aliphatic carbocycles. The van der Waals surface area contributed by atoms with E-state index < -0.39 is 0 Å². The lowest BCUT2D eigenvalue weighted by atomic mass is 9.90. The van der Waals surface area contributed by atoms with E-state index in [-0.39, 0.29) is 11.9 Å². The van der Waals surface area contributed by atoms with Gasteiger partial charge in [0.25, 0.3) is 0 Å². The summed E-state index contributed by atoms with van der Waals surface area (Å²) in [6, 6.07) is 0. The summed E-state index contributed by atoms with van der Waals surface area (Å²) < 4.78 is 11.4. The quantitative estimate of drug-likeness (QED) is 0.210. The third-order valence-electron chi connectivity index (χ3n) is 11.9. The lowest BCUT2D eigenvalue weighted by Crippen LogP contribution is -2.21. The van der Waals surface area contributed by atoms with Crippen LogP contribution in [0.5, 0.6) is 0 Å². The van der Waals surface area contributed by atoms with Crippen molar-refractivity contribution < 1.29 is 19.1 Å². The van der Waals surface area contributed by atoms with Crippen LogP contribution in [0.2, 0.25) is 0 Å². The van der Waals surface area contributed by atoms with E-state index in [1.165, 1.54) is 167 Å². The van der Waals surface area contributed by atoms with Gasteiger partial charge in [0.05, 0.1) is 13.2 Å². The number of hydrogen-bond acceptors (Lipinski definition) is 5. The highest BCUT2D eigenvalue weighted by molar-refractivity contribution is 5.69. The summed E-state index contributed by atoms with van der Waals surface area (Å²) in [4.78, 5) is 27.3. The number of esters is 2. The van der Waals surface area contributed by atoms with Crippen molar-refractivity contribution in [2.24, 2.45) is 17.8 Å². The second-order valence-corrected chi connectivity index (χ2v) is 16.6. The van der Waals surface area contributed by atoms with Crippen molar-refractivity contribution in [2.45, 2.75) is 233 Å². The summed E-state index contributed by atoms with van der Waals surface area (Å²) in [5.41, 5.74) is 0. The number of cyclic esters (lactones) is 2. The van der Waals surface area contributed by atoms with E-state index >= 15 is 0 Å². The second kappa shape index (κ2) is 35.9. The topological polar surface area (TPSA) is 55.8 Å². The van der Waals surface area contributed by atoms with E-state index in [1.54, 1.807) is 0 Å². The first kappa shape index (κ1) is 47.9. The molecule has 2 atom stereocenters. The minimum Gasteiger partial charge on any atom is -0.466 e. The van der Waals surface area contributed by atoms with E-state index in [4.69, 9.17) is 9.47 Å². The molecule has 0 saturated carbocycles. The highest BCUT2D eigenvalue weighted by Gasteiger charge is 2.14. The lowest BCUT2D eigenvalue weighted by Gasteiger charge is -2.21. The Morgan fingerprint density at radius 3 is 1.16 bits per heavy atom. The van der Waals surface area contributed by atoms with Gasteiger partial charge in [-0.05, 0) is 70.0 Å². The number of carbonyl (C=O) groups is 2. The molecule has 1 aliphatic heterocycles. The molecule has 302 valence electrons. The minimum absolute atomic E-state index is 0.0177. The first-order valence-electron chi connectivity index (χ1n) is 23.0. The van der Waals surface area contributed by atoms with E-state index in [0.717, 1.165) is 51.0 Å². The van der Waals surface area contributed by atoms with Crippen molar-refractivity contribution in [2.75, 3.05) is 33.4 Å². The van der Waals surface area contributed by atoms with Crippen molar-refractivity contribution in [1.29, 1.82) is 0 Å². The average Bonchev–Trinajstić information content (AvgIpc) is 3.13. The zero-order chi connectivity index (χ0) is 37.0. The van der Waals surface area contributed by atoms with Gasteiger partial charge in [-0.2, -0.15) is 0 Å². The minimum atomic E-state index is 0.0177. The molecule has 0 aromatic rings. The Morgan fingerprint density at radius 1 is 0.471 bits per heavy atom. The van der Waals surface area contributed by atoms with Gasteiger partial charge in [0.1, 0.15) is 0 Å². The van der Waals surface area contributed by atoms with Crippen LogP contribution in [0.4, 0.5) is 0 Å². The molecule has 1 saturated heterocycles. The van der Waals surface area contributed by atoms with Crippen LogP contribution in [-0.4, -0.2) is 50.2 Å². The van der Waals surface area contributed by atoms with Crippen molar-refractivity contribution in [1.82, 2.24) is 4.90 Å². The maximum absolute atomic E-state index is 12.4. The summed E-state index contributed by atoms with van der Waals surface area (Å²) in [6.07, 6.45) is 40.1. The Hall–Kier alpha value is -1.10. The van der Waals surface area contributed by atoms with Gasteiger partial charge in [-0.1, -0.05) is 188 Å². The van der Waals surface area contributed by atoms with Crippen molar-refractivity contribution in [3.05, 3.63) is 0 Å². The van der Waals surface area contributed by atoms with Gasteiger partial charge in [0, 0.05) is 12.8 Å². The molecule has 1 heterocycles. The Morgan fingerprint density at radius 2 is 0.804 bits per heavy atom. The van der Waals surface area contributed by atoms with Crippen LogP contribution in [0.1, 0.15) is 233 Å². The monoisotopic (exact) mass is 720 g/mol. The zero-order valence-corrected chi connectivity index (χ0v) is 35.0. The predicted molar refractivity (Wildman–Crippen MR) is 219 cm³/mol. The van der Waals surface area contributed by atoms with Gasteiger partial charge >= 0.3 is 11.9 Å². The summed E-state index contributed by atoms with van der Waals surface area (Å²) in [7, 11) is 2.26. The van der Waals surface area contributed by atoms with Crippen LogP contribution in [0.25, 0.3) is 0 Å². The van der Waals surface area contributed by atoms with Gasteiger partial charge in [-0.15, -0.1) is 0 Å². The number of nitrogens with zero attached hydrogens (tertiary/aromatic N) is 1. The van der Waals surface area contributed by atoms with Crippen molar-refractivity contribution in [3.8, 4) is 0 Å². The second-order valence-electron chi connectivity index (χ2n) is 16.6. The summed E-state index contributed by atoms with van der Waals surface area (Å²) in [5, 5.41) is 0. The number of carbonyl (C=O) groups excluding carboxylic acids is 2. The van der Waals surface area contributed by atoms with Crippen LogP contribution in [0.3, 0.4) is 0 Å². The van der Waals surface area contributed by atoms with Crippen LogP contribution in [-0.2, 0) is 19.1 Å². The third-order valence-corrected chi connectivity index (χ3v) is 11.9. The van der Waals surface area contributed by atoms with Crippen LogP contribution in [0.15, 0.2) is 0 Å². The summed E-state index contributed by atoms with van der Waals surface area (Å²) >= 11 is 0. The van der Waals surface area contributed by atoms with Crippen molar-refractivity contribution >= 4 is 11.9 Å². The molecule has 2 unspecified atom stereocenters. The Kier molecular flexibility index (Phi) is 33.7. The smallest absolute Gasteiger partial charge is 0.305 e. The molecule has 1 fully saturated rings. The van der Waals surface area contributed by atoms with Crippen LogP contribution in [0, 0.1) is 17.8 Å². The fraction of sp³-hybridized carbons (Fsp3) is 0.957. The Bertz CT molecular complexity index is 716. The highest BCUT2D eigenvalue weighted by Crippen LogP contribution is 2.25. The maximum Gasteiger partial charge on any atom is 0.305 e. The van der Waals surface area contributed by atoms with Gasteiger partial charge < -0.3 is 14.4 Å². The predicted octanol–water partition coefficient (Wildman–Crippen LogP) is 13.8. The maximum atomic E-state index is 12.4. The summed E-state index contributed by atoms with van der Waals surface area (Å²) in [5.74, 6) is 2.27. The Labute approximate surface area is 318 Å². The third kappa shape index (κ3) is 31.0. The Balaban J connectivity index is 2.57. The molecule has 5 heteroatoms. The van der Waals surface area contributed by atoms with Gasteiger partial charge in [-0.25, -0.2) is 0 Å². The van der Waals surface area contributed by atoms with Gasteiger partial charge in [0.2, 0.25) is 0 Å². The lowest BCUT2D eigenvalue weighted by molar-refractivity contribution is -0.145. The van der Waals surface area contributed by atoms with Crippen LogP contribution >= 0.6 is 0 Å². The zero-order valence-electron chi connectivity index (χ0n) is 35.0. The molecule has 0 aromatic carbocycles. The molecule has 0 amide bonds. The molecule has 0 N–H and O–H groups in total. The molecule has 0 aromatic heterocycles. The molecule has 5 nitrogen and oxygen atoms in total. The standard InChI is InChI=1S/C46H89NO4/c1-5-8-28-43-32-24-20-21-25-33-44(29-9-6-2)38-41-51-46(49)35-27-19-15-11-13-17-23-31-42(36-39-47(4)7-3)30-22-16-12-10-14-18-26-34-45(48)50-40-37-43/h42-44H,5-41H2,1-4H3. The SMILES string of the molecule is CCCCC1CCCCCCC(CCCC)CCOC(=O)CCCCCCCCCC(CCN(C)CC)CCCCCCCCCC(=O)OCC1. The van der Waals surface area contributed by atoms with E-state index in [9.17, 15) is 9.59 Å². The summed E-state index contributed by atoms with van der Waals surface area (Å²) in [6.45, 7) is 10.4. The van der Waals surface area contributed by atoms with E-state index in [0.29, 0.717) is 37.9 Å². The van der Waals surface area contributed by atoms with Crippen LogP contribution < -0.4 is 0 Å². The highest BCUT2D eigenvalue weighted by atomic mass is 16.5. The first-order valence-corrected chi connectivity index (χ1v) is 23.0. The average molecular weight is 720 g/mol. The first-order chi connectivity index (χ1) is 25.0. The molecule has 1 rings (SSSR count). The molecular weight excluding hydrogens is 631 g/mol. The number of ether oxygens (including phenoxy) is 2. The number of hydrogen-bond donors (Lipinski definition) is 0. The number of rotatable bonds is 10. The number of unbranched alkanes of at least 4 members (excludes halogenated alkanes) is 2. The van der Waals surface area contributed by atoms with Gasteiger partial charge in [-0.3, -0.25) is 9.59 Å². The molecule has 0 bridgehead atoms. The molecule has 0 radical (unpaired) electrons. The molecular formula is C46H89NO4. The largest absolute Gasteiger partial charge is 0.466 e. The fourth-order valence-corrected chi connectivity index (χ4v) is 8.06. The van der Waals surface area contributed by atoms with Crippen molar-refractivity contribution in [3.63, 3.8) is 0 Å². The fourth-order valence-electron chi connectivity index (χ4n) is 8.06. The van der Waals surface area contributed by atoms with E-state index in [1.807, 2.05) is 0 Å². The van der Waals surface area contributed by atoms with Gasteiger partial charge in [0.15, 0.2) is 0 Å². The molecule has 51 heavy (non-hydrogen) atoms.